The molecule has 2 N–H and O–H groups in total. The molecule has 0 aliphatic carbocycles. The Morgan fingerprint density at radius 3 is 2.71 bits per heavy atom. The van der Waals surface area contributed by atoms with Crippen LogP contribution >= 0.6 is 0 Å². The van der Waals surface area contributed by atoms with Crippen molar-refractivity contribution in [3.8, 4) is 5.75 Å². The summed E-state index contributed by atoms with van der Waals surface area (Å²) in [5.41, 5.74) is 3.78. The summed E-state index contributed by atoms with van der Waals surface area (Å²) in [7, 11) is 1.74. The van der Waals surface area contributed by atoms with Gasteiger partial charge in [0.05, 0.1) is 0 Å². The first kappa shape index (κ1) is 13.5. The quantitative estimate of drug-likeness (QED) is 0.890. The molecular formula is C17H18N2O2. The van der Waals surface area contributed by atoms with Gasteiger partial charge in [0, 0.05) is 30.5 Å². The highest BCUT2D eigenvalue weighted by Gasteiger charge is 2.16. The number of aromatic hydroxyl groups is 1. The minimum atomic E-state index is -0.0472. The van der Waals surface area contributed by atoms with E-state index in [0.29, 0.717) is 5.56 Å². The van der Waals surface area contributed by atoms with Gasteiger partial charge in [0.25, 0.3) is 5.91 Å². The molecule has 21 heavy (non-hydrogen) atoms. The third-order valence-electron chi connectivity index (χ3n) is 3.83. The number of benzene rings is 2. The van der Waals surface area contributed by atoms with Crippen molar-refractivity contribution in [3.05, 3.63) is 53.6 Å². The average molecular weight is 282 g/mol. The molecule has 0 bridgehead atoms. The van der Waals surface area contributed by atoms with Crippen molar-refractivity contribution in [2.45, 2.75) is 12.8 Å². The Morgan fingerprint density at radius 2 is 1.95 bits per heavy atom. The zero-order chi connectivity index (χ0) is 14.8. The smallest absolute Gasteiger partial charge is 0.258 e. The average Bonchev–Trinajstić information content (AvgIpc) is 2.54. The van der Waals surface area contributed by atoms with Crippen molar-refractivity contribution in [1.29, 1.82) is 0 Å². The summed E-state index contributed by atoms with van der Waals surface area (Å²) < 4.78 is 0. The van der Waals surface area contributed by atoms with Crippen molar-refractivity contribution < 1.29 is 9.90 Å². The van der Waals surface area contributed by atoms with Gasteiger partial charge in [-0.1, -0.05) is 0 Å². The van der Waals surface area contributed by atoms with Crippen LogP contribution in [0, 0.1) is 0 Å². The number of carbonyl (C=O) groups is 1. The van der Waals surface area contributed by atoms with E-state index in [2.05, 4.69) is 5.32 Å². The lowest BCUT2D eigenvalue weighted by Gasteiger charge is -2.21. The molecule has 2 aromatic carbocycles. The number of fused-ring (bicyclic) bond motifs is 1. The minimum absolute atomic E-state index is 0.0472. The number of nitrogens with zero attached hydrogens (tertiary/aromatic N) is 1. The number of anilines is 2. The second-order valence-corrected chi connectivity index (χ2v) is 5.28. The van der Waals surface area contributed by atoms with Gasteiger partial charge in [-0.3, -0.25) is 4.79 Å². The van der Waals surface area contributed by atoms with Crippen molar-refractivity contribution in [2.75, 3.05) is 23.8 Å². The van der Waals surface area contributed by atoms with Crippen LogP contribution in [0.3, 0.4) is 0 Å². The maximum atomic E-state index is 12.6. The molecule has 108 valence electrons. The number of amides is 1. The van der Waals surface area contributed by atoms with Crippen molar-refractivity contribution in [2.24, 2.45) is 0 Å². The summed E-state index contributed by atoms with van der Waals surface area (Å²) in [5.74, 6) is 0.147. The number of nitrogens with one attached hydrogen (secondary N) is 1. The molecule has 1 aliphatic rings. The molecule has 0 saturated heterocycles. The zero-order valence-corrected chi connectivity index (χ0v) is 12.0. The largest absolute Gasteiger partial charge is 0.508 e. The van der Waals surface area contributed by atoms with Crippen LogP contribution in [-0.2, 0) is 6.42 Å². The normalized spacial score (nSPS) is 13.2. The second-order valence-electron chi connectivity index (χ2n) is 5.28. The summed E-state index contributed by atoms with van der Waals surface area (Å²) in [6.07, 6.45) is 2.10. The fourth-order valence-electron chi connectivity index (χ4n) is 2.60. The monoisotopic (exact) mass is 282 g/mol. The molecular weight excluding hydrogens is 264 g/mol. The fraction of sp³-hybridized carbons (Fsp3) is 0.235. The molecule has 4 heteroatoms. The third-order valence-corrected chi connectivity index (χ3v) is 3.83. The molecule has 0 unspecified atom stereocenters. The van der Waals surface area contributed by atoms with Gasteiger partial charge in [-0.25, -0.2) is 0 Å². The van der Waals surface area contributed by atoms with Crippen molar-refractivity contribution in [3.63, 3.8) is 0 Å². The van der Waals surface area contributed by atoms with Crippen LogP contribution in [0.1, 0.15) is 22.3 Å². The minimum Gasteiger partial charge on any atom is -0.508 e. The number of rotatable bonds is 2. The lowest BCUT2D eigenvalue weighted by atomic mass is 10.0. The molecule has 1 amide bonds. The molecule has 0 atom stereocenters. The number of phenolic OH excluding ortho intramolecular Hbond substituents is 1. The summed E-state index contributed by atoms with van der Waals surface area (Å²) in [6, 6.07) is 12.4. The van der Waals surface area contributed by atoms with E-state index >= 15 is 0 Å². The fourth-order valence-corrected chi connectivity index (χ4v) is 2.60. The summed E-state index contributed by atoms with van der Waals surface area (Å²) in [5, 5.41) is 12.7. The predicted octanol–water partition coefficient (Wildman–Crippen LogP) is 3.03. The van der Waals surface area contributed by atoms with Gasteiger partial charge in [-0.15, -0.1) is 0 Å². The van der Waals surface area contributed by atoms with Crippen molar-refractivity contribution in [1.82, 2.24) is 0 Å². The van der Waals surface area contributed by atoms with E-state index in [4.69, 9.17) is 0 Å². The Balaban J connectivity index is 1.86. The number of phenols is 1. The zero-order valence-electron chi connectivity index (χ0n) is 12.0. The highest BCUT2D eigenvalue weighted by molar-refractivity contribution is 6.06. The third kappa shape index (κ3) is 2.70. The molecule has 0 aromatic heterocycles. The van der Waals surface area contributed by atoms with Crippen LogP contribution in [0.4, 0.5) is 11.4 Å². The van der Waals surface area contributed by atoms with E-state index in [1.807, 2.05) is 18.2 Å². The van der Waals surface area contributed by atoms with E-state index < -0.39 is 0 Å². The van der Waals surface area contributed by atoms with E-state index in [1.54, 1.807) is 36.2 Å². The van der Waals surface area contributed by atoms with Crippen molar-refractivity contribution >= 4 is 17.3 Å². The molecule has 0 fully saturated rings. The van der Waals surface area contributed by atoms with Crippen LogP contribution in [0.25, 0.3) is 0 Å². The van der Waals surface area contributed by atoms with Crippen LogP contribution in [0.5, 0.6) is 5.75 Å². The number of hydrogen-bond donors (Lipinski definition) is 2. The Morgan fingerprint density at radius 1 is 1.19 bits per heavy atom. The predicted molar refractivity (Wildman–Crippen MR) is 84.1 cm³/mol. The van der Waals surface area contributed by atoms with Gasteiger partial charge in [0.1, 0.15) is 5.75 Å². The van der Waals surface area contributed by atoms with E-state index in [-0.39, 0.29) is 11.7 Å². The molecule has 1 aliphatic heterocycles. The molecule has 1 heterocycles. The second kappa shape index (κ2) is 5.48. The number of carbonyl (C=O) groups excluding carboxylic acids is 1. The van der Waals surface area contributed by atoms with Crippen LogP contribution < -0.4 is 10.2 Å². The Kier molecular flexibility index (Phi) is 3.52. The number of aryl methyl sites for hydroxylation is 1. The molecule has 0 radical (unpaired) electrons. The molecule has 4 nitrogen and oxygen atoms in total. The molecule has 3 rings (SSSR count). The summed E-state index contributed by atoms with van der Waals surface area (Å²) in [4.78, 5) is 14.2. The highest BCUT2D eigenvalue weighted by Crippen LogP contribution is 2.25. The van der Waals surface area contributed by atoms with Gasteiger partial charge in [-0.2, -0.15) is 0 Å². The first-order valence-corrected chi connectivity index (χ1v) is 7.09. The Hall–Kier alpha value is -2.49. The summed E-state index contributed by atoms with van der Waals surface area (Å²) >= 11 is 0. The molecule has 2 aromatic rings. The SMILES string of the molecule is CN(C(=O)c1ccc2c(c1)CCCN2)c1ccc(O)cc1. The number of hydrogen-bond acceptors (Lipinski definition) is 3. The molecule has 0 spiro atoms. The summed E-state index contributed by atoms with van der Waals surface area (Å²) in [6.45, 7) is 0.994. The first-order valence-electron chi connectivity index (χ1n) is 7.09. The van der Waals surface area contributed by atoms with Crippen LogP contribution in [0.15, 0.2) is 42.5 Å². The Bertz CT molecular complexity index is 665. The van der Waals surface area contributed by atoms with Crippen LogP contribution in [0.2, 0.25) is 0 Å². The van der Waals surface area contributed by atoms with Gasteiger partial charge in [0.15, 0.2) is 0 Å². The van der Waals surface area contributed by atoms with E-state index in [0.717, 1.165) is 30.8 Å². The van der Waals surface area contributed by atoms with Gasteiger partial charge in [-0.05, 0) is 60.9 Å². The maximum Gasteiger partial charge on any atom is 0.258 e. The Labute approximate surface area is 124 Å². The standard InChI is InChI=1S/C17H18N2O2/c1-19(14-5-7-15(20)8-6-14)17(21)13-4-9-16-12(11-13)3-2-10-18-16/h4-9,11,18,20H,2-3,10H2,1H3. The van der Waals surface area contributed by atoms with E-state index in [9.17, 15) is 9.90 Å². The van der Waals surface area contributed by atoms with E-state index in [1.165, 1.54) is 5.56 Å². The first-order chi connectivity index (χ1) is 10.1. The highest BCUT2D eigenvalue weighted by atomic mass is 16.3. The van der Waals surface area contributed by atoms with Gasteiger partial charge < -0.3 is 15.3 Å². The maximum absolute atomic E-state index is 12.6. The molecule has 0 saturated carbocycles. The lowest BCUT2D eigenvalue weighted by Crippen LogP contribution is -2.26. The van der Waals surface area contributed by atoms with Gasteiger partial charge in [0.2, 0.25) is 0 Å². The van der Waals surface area contributed by atoms with Crippen LogP contribution in [-0.4, -0.2) is 24.6 Å². The van der Waals surface area contributed by atoms with Gasteiger partial charge >= 0.3 is 0 Å². The topological polar surface area (TPSA) is 52.6 Å². The lowest BCUT2D eigenvalue weighted by molar-refractivity contribution is 0.0993.